The van der Waals surface area contributed by atoms with Gasteiger partial charge in [-0.3, -0.25) is 30.3 Å². The highest BCUT2D eigenvalue weighted by molar-refractivity contribution is 6.02. The summed E-state index contributed by atoms with van der Waals surface area (Å²) in [5, 5.41) is 23.0. The number of benzene rings is 2. The molecule has 128 valence electrons. The number of non-ortho nitro benzene ring substituents is 2. The average Bonchev–Trinajstić information content (AvgIpc) is 2.60. The SMILES string of the molecule is O=C(NC(=O)c1ccc([N+](=O)[O-])cc1)OCc1ccc([N+](=O)[O-])cc1. The maximum absolute atomic E-state index is 11.8. The van der Waals surface area contributed by atoms with E-state index in [1.807, 2.05) is 5.32 Å². The molecule has 0 bridgehead atoms. The van der Waals surface area contributed by atoms with Crippen LogP contribution < -0.4 is 5.32 Å². The number of imide groups is 1. The Kier molecular flexibility index (Phi) is 5.36. The van der Waals surface area contributed by atoms with Crippen LogP contribution in [0.2, 0.25) is 0 Å². The first-order chi connectivity index (χ1) is 11.9. The van der Waals surface area contributed by atoms with E-state index in [9.17, 15) is 29.8 Å². The molecule has 2 rings (SSSR count). The Labute approximate surface area is 140 Å². The van der Waals surface area contributed by atoms with Gasteiger partial charge in [-0.2, -0.15) is 0 Å². The zero-order valence-corrected chi connectivity index (χ0v) is 12.6. The van der Waals surface area contributed by atoms with Crippen molar-refractivity contribution >= 4 is 23.4 Å². The van der Waals surface area contributed by atoms with Crippen LogP contribution in [0.5, 0.6) is 0 Å². The number of amides is 2. The lowest BCUT2D eigenvalue weighted by Gasteiger charge is -2.06. The maximum atomic E-state index is 11.8. The zero-order chi connectivity index (χ0) is 18.4. The first kappa shape index (κ1) is 17.5. The minimum Gasteiger partial charge on any atom is -0.444 e. The summed E-state index contributed by atoms with van der Waals surface area (Å²) in [5.41, 5.74) is 0.278. The molecule has 0 atom stereocenters. The molecule has 0 radical (unpaired) electrons. The number of rotatable bonds is 5. The first-order valence-electron chi connectivity index (χ1n) is 6.82. The molecule has 0 saturated carbocycles. The molecule has 0 saturated heterocycles. The molecular formula is C15H11N3O7. The smallest absolute Gasteiger partial charge is 0.414 e. The Hall–Kier alpha value is -3.82. The van der Waals surface area contributed by atoms with E-state index in [4.69, 9.17) is 4.74 Å². The van der Waals surface area contributed by atoms with Gasteiger partial charge in [-0.15, -0.1) is 0 Å². The summed E-state index contributed by atoms with van der Waals surface area (Å²) >= 11 is 0. The molecule has 0 fully saturated rings. The normalized spacial score (nSPS) is 9.92. The Morgan fingerprint density at radius 3 is 1.84 bits per heavy atom. The van der Waals surface area contributed by atoms with E-state index in [1.165, 1.54) is 36.4 Å². The second-order valence-electron chi connectivity index (χ2n) is 4.76. The molecule has 10 nitrogen and oxygen atoms in total. The van der Waals surface area contributed by atoms with Gasteiger partial charge in [0.15, 0.2) is 0 Å². The molecule has 2 amide bonds. The molecule has 0 aliphatic heterocycles. The van der Waals surface area contributed by atoms with Crippen LogP contribution in [-0.4, -0.2) is 21.8 Å². The quantitative estimate of drug-likeness (QED) is 0.648. The van der Waals surface area contributed by atoms with Gasteiger partial charge in [-0.05, 0) is 29.8 Å². The van der Waals surface area contributed by atoms with Crippen LogP contribution in [0.25, 0.3) is 0 Å². The van der Waals surface area contributed by atoms with E-state index in [2.05, 4.69) is 0 Å². The molecule has 1 N–H and O–H groups in total. The number of nitro groups is 2. The van der Waals surface area contributed by atoms with Gasteiger partial charge in [0, 0.05) is 29.8 Å². The monoisotopic (exact) mass is 345 g/mol. The van der Waals surface area contributed by atoms with Crippen LogP contribution in [0, 0.1) is 20.2 Å². The number of hydrogen-bond acceptors (Lipinski definition) is 7. The molecule has 0 unspecified atom stereocenters. The van der Waals surface area contributed by atoms with Crippen molar-refractivity contribution in [2.45, 2.75) is 6.61 Å². The molecule has 10 heteroatoms. The number of nitro benzene ring substituents is 2. The standard InChI is InChI=1S/C15H11N3O7/c19-14(11-3-7-13(8-4-11)18(23)24)16-15(20)25-9-10-1-5-12(6-2-10)17(21)22/h1-8H,9H2,(H,16,19,20). The molecular weight excluding hydrogens is 334 g/mol. The minimum atomic E-state index is -1.01. The lowest BCUT2D eigenvalue weighted by atomic mass is 10.2. The Morgan fingerprint density at radius 1 is 0.880 bits per heavy atom. The van der Waals surface area contributed by atoms with Crippen molar-refractivity contribution in [3.8, 4) is 0 Å². The summed E-state index contributed by atoms with van der Waals surface area (Å²) in [7, 11) is 0. The summed E-state index contributed by atoms with van der Waals surface area (Å²) < 4.78 is 4.83. The highest BCUT2D eigenvalue weighted by Crippen LogP contribution is 2.13. The lowest BCUT2D eigenvalue weighted by molar-refractivity contribution is -0.385. The van der Waals surface area contributed by atoms with Gasteiger partial charge in [0.05, 0.1) is 9.85 Å². The van der Waals surface area contributed by atoms with E-state index in [1.54, 1.807) is 0 Å². The van der Waals surface area contributed by atoms with E-state index in [-0.39, 0.29) is 23.5 Å². The Morgan fingerprint density at radius 2 is 1.36 bits per heavy atom. The molecule has 0 spiro atoms. The fourth-order valence-corrected chi connectivity index (χ4v) is 1.80. The van der Waals surface area contributed by atoms with E-state index < -0.39 is 21.8 Å². The van der Waals surface area contributed by atoms with E-state index >= 15 is 0 Å². The van der Waals surface area contributed by atoms with Crippen LogP contribution >= 0.6 is 0 Å². The number of hydrogen-bond donors (Lipinski definition) is 1. The number of nitrogens with one attached hydrogen (secondary N) is 1. The predicted molar refractivity (Wildman–Crippen MR) is 83.8 cm³/mol. The fourth-order valence-electron chi connectivity index (χ4n) is 1.80. The highest BCUT2D eigenvalue weighted by Gasteiger charge is 2.13. The van der Waals surface area contributed by atoms with Crippen molar-refractivity contribution in [3.63, 3.8) is 0 Å². The molecule has 0 aromatic heterocycles. The molecule has 0 heterocycles. The largest absolute Gasteiger partial charge is 0.444 e. The third-order valence-corrected chi connectivity index (χ3v) is 3.07. The zero-order valence-electron chi connectivity index (χ0n) is 12.6. The minimum absolute atomic E-state index is 0.0536. The second-order valence-corrected chi connectivity index (χ2v) is 4.76. The van der Waals surface area contributed by atoms with Gasteiger partial charge in [0.25, 0.3) is 17.3 Å². The predicted octanol–water partition coefficient (Wildman–Crippen LogP) is 2.57. The molecule has 0 aliphatic carbocycles. The van der Waals surface area contributed by atoms with Crippen molar-refractivity contribution in [2.75, 3.05) is 0 Å². The molecule has 2 aromatic rings. The third-order valence-electron chi connectivity index (χ3n) is 3.07. The van der Waals surface area contributed by atoms with E-state index in [0.717, 1.165) is 12.1 Å². The number of carbonyl (C=O) groups excluding carboxylic acids is 2. The van der Waals surface area contributed by atoms with E-state index in [0.29, 0.717) is 5.56 Å². The van der Waals surface area contributed by atoms with Crippen LogP contribution in [0.15, 0.2) is 48.5 Å². The van der Waals surface area contributed by atoms with Gasteiger partial charge < -0.3 is 4.74 Å². The summed E-state index contributed by atoms with van der Waals surface area (Å²) in [6, 6.07) is 10.0. The Bertz CT molecular complexity index is 816. The van der Waals surface area contributed by atoms with Gasteiger partial charge >= 0.3 is 6.09 Å². The van der Waals surface area contributed by atoms with Crippen molar-refractivity contribution in [3.05, 3.63) is 79.9 Å². The summed E-state index contributed by atoms with van der Waals surface area (Å²) in [6.07, 6.45) is -1.01. The van der Waals surface area contributed by atoms with Crippen molar-refractivity contribution in [1.29, 1.82) is 0 Å². The van der Waals surface area contributed by atoms with Gasteiger partial charge in [-0.25, -0.2) is 4.79 Å². The van der Waals surface area contributed by atoms with Gasteiger partial charge in [0.2, 0.25) is 0 Å². The summed E-state index contributed by atoms with van der Waals surface area (Å²) in [4.78, 5) is 43.3. The average molecular weight is 345 g/mol. The Balaban J connectivity index is 1.87. The number of ether oxygens (including phenoxy) is 1. The summed E-state index contributed by atoms with van der Waals surface area (Å²) in [6.45, 7) is -0.183. The van der Waals surface area contributed by atoms with Crippen molar-refractivity contribution < 1.29 is 24.2 Å². The van der Waals surface area contributed by atoms with Crippen LogP contribution in [-0.2, 0) is 11.3 Å². The molecule has 25 heavy (non-hydrogen) atoms. The fraction of sp³-hybridized carbons (Fsp3) is 0.0667. The first-order valence-corrected chi connectivity index (χ1v) is 6.82. The van der Waals surface area contributed by atoms with Crippen LogP contribution in [0.4, 0.5) is 16.2 Å². The van der Waals surface area contributed by atoms with Crippen LogP contribution in [0.1, 0.15) is 15.9 Å². The van der Waals surface area contributed by atoms with Crippen molar-refractivity contribution in [2.24, 2.45) is 0 Å². The maximum Gasteiger partial charge on any atom is 0.414 e. The lowest BCUT2D eigenvalue weighted by Crippen LogP contribution is -2.30. The summed E-state index contributed by atoms with van der Waals surface area (Å²) in [5.74, 6) is -0.774. The number of carbonyl (C=O) groups is 2. The van der Waals surface area contributed by atoms with Crippen LogP contribution in [0.3, 0.4) is 0 Å². The molecule has 2 aromatic carbocycles. The van der Waals surface area contributed by atoms with Gasteiger partial charge in [-0.1, -0.05) is 0 Å². The number of alkyl carbamates (subject to hydrolysis) is 1. The second kappa shape index (κ2) is 7.64. The highest BCUT2D eigenvalue weighted by atomic mass is 16.6. The van der Waals surface area contributed by atoms with Crippen molar-refractivity contribution in [1.82, 2.24) is 5.32 Å². The van der Waals surface area contributed by atoms with Gasteiger partial charge in [0.1, 0.15) is 6.61 Å². The number of nitrogens with zero attached hydrogens (tertiary/aromatic N) is 2. The topological polar surface area (TPSA) is 142 Å². The molecule has 0 aliphatic rings. The third kappa shape index (κ3) is 4.82.